The van der Waals surface area contributed by atoms with Crippen LogP contribution in [0.1, 0.15) is 16.1 Å². The molecule has 0 aliphatic heterocycles. The molecule has 1 amide bonds. The summed E-state index contributed by atoms with van der Waals surface area (Å²) in [6, 6.07) is 5.82. The Hall–Kier alpha value is -1.53. The highest BCUT2D eigenvalue weighted by molar-refractivity contribution is 9.10. The van der Waals surface area contributed by atoms with Crippen LogP contribution in [0.2, 0.25) is 5.15 Å². The Balaban J connectivity index is 2.31. The molecule has 0 atom stereocenters. The average molecular weight is 345 g/mol. The van der Waals surface area contributed by atoms with E-state index < -0.39 is 11.7 Å². The van der Waals surface area contributed by atoms with Crippen molar-refractivity contribution in [3.8, 4) is 0 Å². The number of aryl methyl sites for hydroxylation is 1. The number of hydrogen-bond donors (Lipinski definition) is 1. The molecule has 0 aliphatic carbocycles. The van der Waals surface area contributed by atoms with Gasteiger partial charge in [-0.1, -0.05) is 17.7 Å². The summed E-state index contributed by atoms with van der Waals surface area (Å²) in [5.41, 5.74) is 0.492. The summed E-state index contributed by atoms with van der Waals surface area (Å²) in [5.74, 6) is -1.25. The summed E-state index contributed by atoms with van der Waals surface area (Å²) < 4.78 is 14.0. The van der Waals surface area contributed by atoms with Gasteiger partial charge >= 0.3 is 0 Å². The van der Waals surface area contributed by atoms with Crippen molar-refractivity contribution in [1.82, 2.24) is 9.97 Å². The van der Waals surface area contributed by atoms with Gasteiger partial charge in [0.1, 0.15) is 11.0 Å². The number of aromatic nitrogens is 2. The van der Waals surface area contributed by atoms with Gasteiger partial charge in [0.15, 0.2) is 0 Å². The molecule has 0 radical (unpaired) electrons. The first-order valence-corrected chi connectivity index (χ1v) is 6.41. The predicted octanol–water partition coefficient (Wildman–Crippen LogP) is 3.59. The van der Waals surface area contributed by atoms with Gasteiger partial charge < -0.3 is 0 Å². The molecule has 0 spiro atoms. The summed E-state index contributed by atoms with van der Waals surface area (Å²) >= 11 is 8.88. The van der Waals surface area contributed by atoms with E-state index >= 15 is 0 Å². The van der Waals surface area contributed by atoms with Crippen molar-refractivity contribution in [2.75, 3.05) is 5.32 Å². The third-order valence-electron chi connectivity index (χ3n) is 2.24. The van der Waals surface area contributed by atoms with Crippen LogP contribution >= 0.6 is 27.5 Å². The first-order chi connectivity index (χ1) is 8.97. The summed E-state index contributed by atoms with van der Waals surface area (Å²) in [6.45, 7) is 1.71. The van der Waals surface area contributed by atoms with Crippen LogP contribution in [0.3, 0.4) is 0 Å². The summed E-state index contributed by atoms with van der Waals surface area (Å²) in [4.78, 5) is 19.8. The van der Waals surface area contributed by atoms with Crippen molar-refractivity contribution in [2.45, 2.75) is 6.92 Å². The van der Waals surface area contributed by atoms with Gasteiger partial charge in [0.25, 0.3) is 5.91 Å². The van der Waals surface area contributed by atoms with Crippen LogP contribution in [-0.4, -0.2) is 15.9 Å². The lowest BCUT2D eigenvalue weighted by Gasteiger charge is -2.07. The Kier molecular flexibility index (Phi) is 4.11. The normalized spacial score (nSPS) is 10.3. The zero-order valence-corrected chi connectivity index (χ0v) is 12.1. The fourth-order valence-corrected chi connectivity index (χ4v) is 2.22. The Morgan fingerprint density at radius 1 is 1.42 bits per heavy atom. The molecule has 4 nitrogen and oxygen atoms in total. The number of carbonyl (C=O) groups excluding carboxylic acids is 1. The molecule has 0 saturated heterocycles. The number of benzene rings is 1. The third kappa shape index (κ3) is 3.27. The number of carbonyl (C=O) groups is 1. The van der Waals surface area contributed by atoms with Crippen LogP contribution in [0.4, 0.5) is 10.3 Å². The highest BCUT2D eigenvalue weighted by Gasteiger charge is 2.16. The molecule has 0 unspecified atom stereocenters. The molecule has 0 aliphatic rings. The van der Waals surface area contributed by atoms with Gasteiger partial charge in [-0.3, -0.25) is 10.1 Å². The van der Waals surface area contributed by atoms with Crippen LogP contribution in [0.25, 0.3) is 0 Å². The summed E-state index contributed by atoms with van der Waals surface area (Å²) in [7, 11) is 0. The van der Waals surface area contributed by atoms with Gasteiger partial charge in [-0.15, -0.1) is 0 Å². The maximum Gasteiger partial charge on any atom is 0.262 e. The summed E-state index contributed by atoms with van der Waals surface area (Å²) in [6.07, 6.45) is 0. The van der Waals surface area contributed by atoms with E-state index in [1.165, 1.54) is 12.1 Å². The second-order valence-electron chi connectivity index (χ2n) is 3.71. The second-order valence-corrected chi connectivity index (χ2v) is 4.95. The van der Waals surface area contributed by atoms with Crippen molar-refractivity contribution in [1.29, 1.82) is 0 Å². The van der Waals surface area contributed by atoms with Crippen molar-refractivity contribution in [3.63, 3.8) is 0 Å². The van der Waals surface area contributed by atoms with Crippen molar-refractivity contribution in [3.05, 3.63) is 51.0 Å². The van der Waals surface area contributed by atoms with E-state index in [1.54, 1.807) is 19.1 Å². The second kappa shape index (κ2) is 5.63. The quantitative estimate of drug-likeness (QED) is 0.847. The van der Waals surface area contributed by atoms with Gasteiger partial charge in [-0.2, -0.15) is 0 Å². The molecule has 98 valence electrons. The Bertz CT molecular complexity index is 610. The maximum atomic E-state index is 13.6. The lowest BCUT2D eigenvalue weighted by Crippen LogP contribution is -2.16. The van der Waals surface area contributed by atoms with E-state index in [1.807, 2.05) is 0 Å². The van der Waals surface area contributed by atoms with Gasteiger partial charge in [-0.25, -0.2) is 14.4 Å². The van der Waals surface area contributed by atoms with E-state index in [0.29, 0.717) is 10.2 Å². The van der Waals surface area contributed by atoms with Crippen molar-refractivity contribution >= 4 is 39.4 Å². The SMILES string of the molecule is Cc1cc(Cl)nc(NC(=O)c2c(F)cccc2Br)n1. The molecule has 1 N–H and O–H groups in total. The number of amides is 1. The van der Waals surface area contributed by atoms with E-state index in [9.17, 15) is 9.18 Å². The van der Waals surface area contributed by atoms with Gasteiger partial charge in [0, 0.05) is 10.2 Å². The van der Waals surface area contributed by atoms with Crippen molar-refractivity contribution < 1.29 is 9.18 Å². The molecule has 2 rings (SSSR count). The van der Waals surface area contributed by atoms with Crippen LogP contribution < -0.4 is 5.32 Å². The molecule has 7 heteroatoms. The number of nitrogens with zero attached hydrogens (tertiary/aromatic N) is 2. The minimum Gasteiger partial charge on any atom is -0.290 e. The zero-order chi connectivity index (χ0) is 14.0. The monoisotopic (exact) mass is 343 g/mol. The maximum absolute atomic E-state index is 13.6. The molecule has 1 heterocycles. The molecule has 0 bridgehead atoms. The largest absolute Gasteiger partial charge is 0.290 e. The average Bonchev–Trinajstić information content (AvgIpc) is 2.26. The molecule has 0 fully saturated rings. The van der Waals surface area contributed by atoms with Gasteiger partial charge in [-0.05, 0) is 41.1 Å². The molecule has 1 aromatic carbocycles. The van der Waals surface area contributed by atoms with E-state index in [0.717, 1.165) is 0 Å². The molecule has 19 heavy (non-hydrogen) atoms. The van der Waals surface area contributed by atoms with E-state index in [4.69, 9.17) is 11.6 Å². The zero-order valence-electron chi connectivity index (χ0n) is 9.75. The molecule has 1 aromatic heterocycles. The smallest absolute Gasteiger partial charge is 0.262 e. The highest BCUT2D eigenvalue weighted by atomic mass is 79.9. The van der Waals surface area contributed by atoms with Crippen LogP contribution in [0, 0.1) is 12.7 Å². The highest BCUT2D eigenvalue weighted by Crippen LogP contribution is 2.20. The molecule has 2 aromatic rings. The minimum atomic E-state index is -0.647. The lowest BCUT2D eigenvalue weighted by atomic mass is 10.2. The Morgan fingerprint density at radius 3 is 2.79 bits per heavy atom. The van der Waals surface area contributed by atoms with Gasteiger partial charge in [0.2, 0.25) is 5.95 Å². The third-order valence-corrected chi connectivity index (χ3v) is 3.09. The first-order valence-electron chi connectivity index (χ1n) is 5.24. The number of halogens is 3. The van der Waals surface area contributed by atoms with E-state index in [2.05, 4.69) is 31.2 Å². The first kappa shape index (κ1) is 13.9. The summed E-state index contributed by atoms with van der Waals surface area (Å²) in [5, 5.41) is 2.61. The predicted molar refractivity (Wildman–Crippen MR) is 73.8 cm³/mol. The van der Waals surface area contributed by atoms with E-state index in [-0.39, 0.29) is 16.7 Å². The number of hydrogen-bond acceptors (Lipinski definition) is 3. The lowest BCUT2D eigenvalue weighted by molar-refractivity contribution is 0.102. The molecular formula is C12H8BrClFN3O. The Morgan fingerprint density at radius 2 is 2.16 bits per heavy atom. The molecular weight excluding hydrogens is 337 g/mol. The van der Waals surface area contributed by atoms with Crippen LogP contribution in [-0.2, 0) is 0 Å². The number of rotatable bonds is 2. The topological polar surface area (TPSA) is 54.9 Å². The molecule has 0 saturated carbocycles. The standard InChI is InChI=1S/C12H8BrClFN3O/c1-6-5-9(14)17-12(16-6)18-11(19)10-7(13)3-2-4-8(10)15/h2-5H,1H3,(H,16,17,18,19). The number of nitrogens with one attached hydrogen (secondary N) is 1. The van der Waals surface area contributed by atoms with Gasteiger partial charge in [0.05, 0.1) is 5.56 Å². The number of anilines is 1. The fraction of sp³-hybridized carbons (Fsp3) is 0.0833. The van der Waals surface area contributed by atoms with Crippen LogP contribution in [0.15, 0.2) is 28.7 Å². The fourth-order valence-electron chi connectivity index (χ4n) is 1.46. The van der Waals surface area contributed by atoms with Crippen molar-refractivity contribution in [2.24, 2.45) is 0 Å². The minimum absolute atomic E-state index is 0.0325. The Labute approximate surface area is 122 Å². The van der Waals surface area contributed by atoms with Crippen LogP contribution in [0.5, 0.6) is 0 Å².